The number of rotatable bonds is 2. The van der Waals surface area contributed by atoms with E-state index in [-0.39, 0.29) is 0 Å². The van der Waals surface area contributed by atoms with Crippen molar-refractivity contribution in [3.05, 3.63) is 48.7 Å². The van der Waals surface area contributed by atoms with E-state index >= 15 is 0 Å². The molecule has 5 rings (SSSR count). The third-order valence-electron chi connectivity index (χ3n) is 4.99. The van der Waals surface area contributed by atoms with Gasteiger partial charge in [0.05, 0.1) is 25.7 Å². The van der Waals surface area contributed by atoms with Crippen molar-refractivity contribution in [3.63, 3.8) is 0 Å². The fraction of sp³-hybridized carbons (Fsp3) is 0.389. The molecule has 2 aliphatic rings. The SMILES string of the molecule is c1ccc(-n2cncc2-c2nnc3n2CCC2(CC3)OCCO2)cc1. The summed E-state index contributed by atoms with van der Waals surface area (Å²) in [6, 6.07) is 10.1. The highest BCUT2D eigenvalue weighted by Gasteiger charge is 2.39. The molecule has 0 unspecified atom stereocenters. The van der Waals surface area contributed by atoms with Crippen LogP contribution in [0.5, 0.6) is 0 Å². The Hall–Kier alpha value is -2.51. The van der Waals surface area contributed by atoms with Crippen molar-refractivity contribution < 1.29 is 9.47 Å². The highest BCUT2D eigenvalue weighted by atomic mass is 16.7. The quantitative estimate of drug-likeness (QED) is 0.717. The normalized spacial score (nSPS) is 19.0. The fourth-order valence-corrected chi connectivity index (χ4v) is 3.69. The van der Waals surface area contributed by atoms with Crippen LogP contribution in [0.4, 0.5) is 0 Å². The molecule has 0 bridgehead atoms. The molecule has 25 heavy (non-hydrogen) atoms. The van der Waals surface area contributed by atoms with Crippen LogP contribution in [0, 0.1) is 0 Å². The molecule has 7 nitrogen and oxygen atoms in total. The Morgan fingerprint density at radius 3 is 2.68 bits per heavy atom. The second-order valence-electron chi connectivity index (χ2n) is 6.43. The third kappa shape index (κ3) is 2.47. The van der Waals surface area contributed by atoms with Crippen LogP contribution in [0.3, 0.4) is 0 Å². The minimum Gasteiger partial charge on any atom is -0.347 e. The van der Waals surface area contributed by atoms with E-state index in [9.17, 15) is 0 Å². The van der Waals surface area contributed by atoms with Crippen molar-refractivity contribution >= 4 is 0 Å². The summed E-state index contributed by atoms with van der Waals surface area (Å²) in [6.45, 7) is 2.13. The van der Waals surface area contributed by atoms with E-state index < -0.39 is 5.79 Å². The standard InChI is InChI=1S/C18H19N5O2/c1-2-4-14(5-3-1)23-13-19-12-15(23)17-21-20-16-6-7-18(8-9-22(16)17)24-10-11-25-18/h1-5,12-13H,6-11H2. The zero-order valence-electron chi connectivity index (χ0n) is 13.8. The molecule has 7 heteroatoms. The summed E-state index contributed by atoms with van der Waals surface area (Å²) in [5.41, 5.74) is 1.99. The van der Waals surface area contributed by atoms with Crippen LogP contribution >= 0.6 is 0 Å². The molecule has 0 N–H and O–H groups in total. The van der Waals surface area contributed by atoms with Gasteiger partial charge in [-0.25, -0.2) is 4.98 Å². The summed E-state index contributed by atoms with van der Waals surface area (Å²) >= 11 is 0. The number of imidazole rings is 1. The van der Waals surface area contributed by atoms with Crippen LogP contribution in [0.2, 0.25) is 0 Å². The van der Waals surface area contributed by atoms with Gasteiger partial charge in [0.1, 0.15) is 11.5 Å². The van der Waals surface area contributed by atoms with E-state index in [0.717, 1.165) is 48.8 Å². The van der Waals surface area contributed by atoms with Crippen molar-refractivity contribution in [2.24, 2.45) is 0 Å². The van der Waals surface area contributed by atoms with Crippen molar-refractivity contribution in [1.29, 1.82) is 0 Å². The van der Waals surface area contributed by atoms with Gasteiger partial charge in [0.2, 0.25) is 0 Å². The Morgan fingerprint density at radius 2 is 1.84 bits per heavy atom. The lowest BCUT2D eigenvalue weighted by atomic mass is 10.1. The topological polar surface area (TPSA) is 67.0 Å². The first-order valence-electron chi connectivity index (χ1n) is 8.63. The van der Waals surface area contributed by atoms with E-state index in [4.69, 9.17) is 9.47 Å². The second kappa shape index (κ2) is 5.79. The molecule has 1 aromatic carbocycles. The molecular weight excluding hydrogens is 318 g/mol. The molecule has 0 saturated carbocycles. The minimum atomic E-state index is -0.447. The van der Waals surface area contributed by atoms with Gasteiger partial charge in [0.15, 0.2) is 11.6 Å². The predicted molar refractivity (Wildman–Crippen MR) is 90.2 cm³/mol. The average molecular weight is 337 g/mol. The molecule has 128 valence electrons. The second-order valence-corrected chi connectivity index (χ2v) is 6.43. The van der Waals surface area contributed by atoms with Crippen molar-refractivity contribution in [2.45, 2.75) is 31.6 Å². The summed E-state index contributed by atoms with van der Waals surface area (Å²) in [5, 5.41) is 8.88. The minimum absolute atomic E-state index is 0.447. The number of hydrogen-bond acceptors (Lipinski definition) is 5. The number of fused-ring (bicyclic) bond motifs is 1. The molecule has 0 atom stereocenters. The molecule has 3 aromatic rings. The average Bonchev–Trinajstić information content (AvgIpc) is 3.36. The fourth-order valence-electron chi connectivity index (χ4n) is 3.69. The van der Waals surface area contributed by atoms with Crippen LogP contribution in [0.1, 0.15) is 18.7 Å². The summed E-state index contributed by atoms with van der Waals surface area (Å²) in [6.07, 6.45) is 6.08. The lowest BCUT2D eigenvalue weighted by molar-refractivity contribution is -0.165. The van der Waals surface area contributed by atoms with E-state index in [1.165, 1.54) is 0 Å². The van der Waals surface area contributed by atoms with Crippen LogP contribution in [0.25, 0.3) is 17.2 Å². The lowest BCUT2D eigenvalue weighted by Gasteiger charge is -2.25. The molecule has 0 amide bonds. The van der Waals surface area contributed by atoms with Gasteiger partial charge in [-0.3, -0.25) is 4.57 Å². The number of nitrogens with zero attached hydrogens (tertiary/aromatic N) is 5. The molecule has 1 saturated heterocycles. The van der Waals surface area contributed by atoms with E-state index in [1.54, 1.807) is 0 Å². The number of ether oxygens (including phenoxy) is 2. The molecule has 1 fully saturated rings. The maximum atomic E-state index is 5.88. The number of hydrogen-bond donors (Lipinski definition) is 0. The highest BCUT2D eigenvalue weighted by molar-refractivity contribution is 5.54. The lowest BCUT2D eigenvalue weighted by Crippen LogP contribution is -2.30. The van der Waals surface area contributed by atoms with Gasteiger partial charge in [-0.15, -0.1) is 10.2 Å². The van der Waals surface area contributed by atoms with Crippen molar-refractivity contribution in [2.75, 3.05) is 13.2 Å². The van der Waals surface area contributed by atoms with Gasteiger partial charge >= 0.3 is 0 Å². The first kappa shape index (κ1) is 14.8. The van der Waals surface area contributed by atoms with Crippen molar-refractivity contribution in [3.8, 4) is 17.2 Å². The van der Waals surface area contributed by atoms with Gasteiger partial charge in [0, 0.05) is 31.5 Å². The summed E-state index contributed by atoms with van der Waals surface area (Å²) in [7, 11) is 0. The Kier molecular flexibility index (Phi) is 3.43. The zero-order chi connectivity index (χ0) is 16.7. The maximum absolute atomic E-state index is 5.88. The van der Waals surface area contributed by atoms with Gasteiger partial charge in [-0.1, -0.05) is 18.2 Å². The van der Waals surface area contributed by atoms with Gasteiger partial charge in [-0.05, 0) is 12.1 Å². The zero-order valence-corrected chi connectivity index (χ0v) is 13.8. The Balaban J connectivity index is 1.52. The van der Waals surface area contributed by atoms with Crippen LogP contribution < -0.4 is 0 Å². The van der Waals surface area contributed by atoms with E-state index in [0.29, 0.717) is 13.2 Å². The first-order valence-corrected chi connectivity index (χ1v) is 8.63. The summed E-state index contributed by atoms with van der Waals surface area (Å²) in [4.78, 5) is 4.33. The number of aryl methyl sites for hydroxylation is 1. The van der Waals surface area contributed by atoms with Gasteiger partial charge < -0.3 is 14.0 Å². The van der Waals surface area contributed by atoms with Gasteiger partial charge in [-0.2, -0.15) is 0 Å². The van der Waals surface area contributed by atoms with Crippen LogP contribution in [-0.2, 0) is 22.4 Å². The Bertz CT molecular complexity index is 880. The van der Waals surface area contributed by atoms with E-state index in [1.807, 2.05) is 35.3 Å². The Morgan fingerprint density at radius 1 is 1.00 bits per heavy atom. The largest absolute Gasteiger partial charge is 0.347 e. The maximum Gasteiger partial charge on any atom is 0.182 e. The number of para-hydroxylation sites is 1. The highest BCUT2D eigenvalue weighted by Crippen LogP contribution is 2.33. The summed E-state index contributed by atoms with van der Waals surface area (Å²) in [5.74, 6) is 1.37. The molecule has 0 aliphatic carbocycles. The molecule has 1 spiro atoms. The number of aromatic nitrogens is 5. The van der Waals surface area contributed by atoms with Crippen LogP contribution in [0.15, 0.2) is 42.9 Å². The number of benzene rings is 1. The molecule has 2 aliphatic heterocycles. The van der Waals surface area contributed by atoms with Crippen molar-refractivity contribution in [1.82, 2.24) is 24.3 Å². The molecule has 0 radical (unpaired) electrons. The Labute approximate surface area is 145 Å². The van der Waals surface area contributed by atoms with Crippen LogP contribution in [-0.4, -0.2) is 43.3 Å². The molecule has 4 heterocycles. The molecule has 2 aromatic heterocycles. The monoisotopic (exact) mass is 337 g/mol. The smallest absolute Gasteiger partial charge is 0.182 e. The van der Waals surface area contributed by atoms with E-state index in [2.05, 4.69) is 31.9 Å². The van der Waals surface area contributed by atoms with Gasteiger partial charge in [0.25, 0.3) is 0 Å². The summed E-state index contributed by atoms with van der Waals surface area (Å²) < 4.78 is 16.0. The molecular formula is C18H19N5O2. The third-order valence-corrected chi connectivity index (χ3v) is 4.99. The predicted octanol–water partition coefficient (Wildman–Crippen LogP) is 2.21. The first-order chi connectivity index (χ1) is 12.3.